The molecule has 0 aromatic heterocycles. The van der Waals surface area contributed by atoms with E-state index in [1.54, 1.807) is 0 Å². The molecule has 0 bridgehead atoms. The smallest absolute Gasteiger partial charge is 0.225 e. The van der Waals surface area contributed by atoms with Gasteiger partial charge in [0.2, 0.25) is 5.91 Å². The molecule has 0 radical (unpaired) electrons. The third kappa shape index (κ3) is 4.30. The fraction of sp³-hybridized carbons (Fsp3) is 0.261. The molecule has 3 rings (SSSR count). The first kappa shape index (κ1) is 18.2. The van der Waals surface area contributed by atoms with Crippen LogP contribution >= 0.6 is 0 Å². The summed E-state index contributed by atoms with van der Waals surface area (Å²) in [5.74, 6) is 0.0420. The van der Waals surface area contributed by atoms with E-state index in [2.05, 4.69) is 60.0 Å². The van der Waals surface area contributed by atoms with Crippen molar-refractivity contribution in [2.75, 3.05) is 5.32 Å². The van der Waals surface area contributed by atoms with Crippen molar-refractivity contribution < 1.29 is 4.79 Å². The standard InChI is InChI=1S/C23H26N2O/c1-16-8-6-9-17(2)23(16)25-22(26)14-18(3)24-15-20-12-7-11-19-10-4-5-13-21(19)20/h4-13,18,24H,14-15H2,1-3H3,(H,25,26). The largest absolute Gasteiger partial charge is 0.326 e. The summed E-state index contributed by atoms with van der Waals surface area (Å²) >= 11 is 0. The van der Waals surface area contributed by atoms with E-state index in [4.69, 9.17) is 0 Å². The zero-order valence-electron chi connectivity index (χ0n) is 15.7. The second kappa shape index (κ2) is 8.15. The number of anilines is 1. The molecule has 134 valence electrons. The van der Waals surface area contributed by atoms with E-state index in [9.17, 15) is 4.79 Å². The second-order valence-electron chi connectivity index (χ2n) is 6.94. The van der Waals surface area contributed by atoms with Gasteiger partial charge in [0.25, 0.3) is 0 Å². The maximum Gasteiger partial charge on any atom is 0.225 e. The second-order valence-corrected chi connectivity index (χ2v) is 6.94. The maximum absolute atomic E-state index is 12.4. The molecule has 1 amide bonds. The summed E-state index contributed by atoms with van der Waals surface area (Å²) in [6.07, 6.45) is 0.443. The maximum atomic E-state index is 12.4. The van der Waals surface area contributed by atoms with Crippen molar-refractivity contribution in [1.82, 2.24) is 5.32 Å². The molecule has 0 spiro atoms. The van der Waals surface area contributed by atoms with Gasteiger partial charge in [-0.2, -0.15) is 0 Å². The van der Waals surface area contributed by atoms with Gasteiger partial charge in [0.05, 0.1) is 0 Å². The predicted molar refractivity (Wildman–Crippen MR) is 109 cm³/mol. The van der Waals surface area contributed by atoms with E-state index in [0.29, 0.717) is 6.42 Å². The van der Waals surface area contributed by atoms with Crippen LogP contribution < -0.4 is 10.6 Å². The van der Waals surface area contributed by atoms with Crippen LogP contribution in [0.3, 0.4) is 0 Å². The van der Waals surface area contributed by atoms with Gasteiger partial charge in [-0.1, -0.05) is 60.7 Å². The third-order valence-corrected chi connectivity index (χ3v) is 4.76. The van der Waals surface area contributed by atoms with Gasteiger partial charge < -0.3 is 10.6 Å². The van der Waals surface area contributed by atoms with E-state index in [1.165, 1.54) is 16.3 Å². The molecule has 1 atom stereocenters. The number of hydrogen-bond donors (Lipinski definition) is 2. The van der Waals surface area contributed by atoms with Crippen molar-refractivity contribution in [3.8, 4) is 0 Å². The predicted octanol–water partition coefficient (Wildman–Crippen LogP) is 4.96. The highest BCUT2D eigenvalue weighted by Crippen LogP contribution is 2.20. The number of hydrogen-bond acceptors (Lipinski definition) is 2. The minimum absolute atomic E-state index is 0.0420. The number of aryl methyl sites for hydroxylation is 2. The summed E-state index contributed by atoms with van der Waals surface area (Å²) in [5, 5.41) is 9.04. The zero-order chi connectivity index (χ0) is 18.5. The van der Waals surface area contributed by atoms with E-state index < -0.39 is 0 Å². The molecular weight excluding hydrogens is 320 g/mol. The lowest BCUT2D eigenvalue weighted by atomic mass is 10.0. The van der Waals surface area contributed by atoms with Gasteiger partial charge in [-0.3, -0.25) is 4.79 Å². The van der Waals surface area contributed by atoms with Crippen LogP contribution in [0.5, 0.6) is 0 Å². The lowest BCUT2D eigenvalue weighted by Crippen LogP contribution is -2.30. The Hall–Kier alpha value is -2.65. The van der Waals surface area contributed by atoms with E-state index in [1.807, 2.05) is 32.0 Å². The molecule has 1 unspecified atom stereocenters. The number of nitrogens with one attached hydrogen (secondary N) is 2. The first-order chi connectivity index (χ1) is 12.5. The van der Waals surface area contributed by atoms with Crippen LogP contribution in [0.2, 0.25) is 0 Å². The van der Waals surface area contributed by atoms with Crippen molar-refractivity contribution in [3.05, 3.63) is 77.4 Å². The summed E-state index contributed by atoms with van der Waals surface area (Å²) in [6, 6.07) is 20.9. The van der Waals surface area contributed by atoms with Gasteiger partial charge >= 0.3 is 0 Å². The molecule has 0 heterocycles. The Kier molecular flexibility index (Phi) is 5.69. The normalized spacial score (nSPS) is 12.1. The van der Waals surface area contributed by atoms with Gasteiger partial charge in [0, 0.05) is 24.7 Å². The number of benzene rings is 3. The van der Waals surface area contributed by atoms with Gasteiger partial charge in [-0.25, -0.2) is 0 Å². The van der Waals surface area contributed by atoms with Crippen molar-refractivity contribution in [3.63, 3.8) is 0 Å². The van der Waals surface area contributed by atoms with Crippen LogP contribution in [0.4, 0.5) is 5.69 Å². The van der Waals surface area contributed by atoms with Crippen LogP contribution in [0, 0.1) is 13.8 Å². The van der Waals surface area contributed by atoms with E-state index >= 15 is 0 Å². The lowest BCUT2D eigenvalue weighted by molar-refractivity contribution is -0.116. The quantitative estimate of drug-likeness (QED) is 0.662. The van der Waals surface area contributed by atoms with Gasteiger partial charge in [-0.15, -0.1) is 0 Å². The summed E-state index contributed by atoms with van der Waals surface area (Å²) in [4.78, 5) is 12.4. The molecule has 0 saturated carbocycles. The summed E-state index contributed by atoms with van der Waals surface area (Å²) in [6.45, 7) is 6.84. The molecule has 3 aromatic carbocycles. The average Bonchev–Trinajstić information content (AvgIpc) is 2.63. The van der Waals surface area contributed by atoms with Crippen LogP contribution in [-0.2, 0) is 11.3 Å². The Morgan fingerprint density at radius 1 is 0.923 bits per heavy atom. The van der Waals surface area contributed by atoms with Gasteiger partial charge in [0.1, 0.15) is 0 Å². The lowest BCUT2D eigenvalue weighted by Gasteiger charge is -2.16. The molecule has 2 N–H and O–H groups in total. The Bertz CT molecular complexity index is 891. The number of amides is 1. The highest BCUT2D eigenvalue weighted by molar-refractivity contribution is 5.92. The van der Waals surface area contributed by atoms with Crippen LogP contribution in [-0.4, -0.2) is 11.9 Å². The first-order valence-corrected chi connectivity index (χ1v) is 9.10. The van der Waals surface area contributed by atoms with Crippen molar-refractivity contribution >= 4 is 22.4 Å². The topological polar surface area (TPSA) is 41.1 Å². The van der Waals surface area contributed by atoms with Gasteiger partial charge in [0.15, 0.2) is 0 Å². The summed E-state index contributed by atoms with van der Waals surface area (Å²) < 4.78 is 0. The zero-order valence-corrected chi connectivity index (χ0v) is 15.7. The Labute approximate surface area is 155 Å². The Balaban J connectivity index is 1.58. The summed E-state index contributed by atoms with van der Waals surface area (Å²) in [5.41, 5.74) is 4.37. The fourth-order valence-electron chi connectivity index (χ4n) is 3.28. The number of carbonyl (C=O) groups is 1. The average molecular weight is 346 g/mol. The SMILES string of the molecule is Cc1cccc(C)c1NC(=O)CC(C)NCc1cccc2ccccc12. The molecule has 3 heteroatoms. The number of fused-ring (bicyclic) bond motifs is 1. The molecule has 0 saturated heterocycles. The van der Waals surface area contributed by atoms with E-state index in [0.717, 1.165) is 23.4 Å². The Morgan fingerprint density at radius 2 is 1.58 bits per heavy atom. The highest BCUT2D eigenvalue weighted by atomic mass is 16.1. The first-order valence-electron chi connectivity index (χ1n) is 9.10. The molecule has 0 aliphatic carbocycles. The number of para-hydroxylation sites is 1. The molecule has 0 aliphatic rings. The molecule has 0 aliphatic heterocycles. The number of rotatable bonds is 6. The molecule has 3 aromatic rings. The Morgan fingerprint density at radius 3 is 2.35 bits per heavy atom. The third-order valence-electron chi connectivity index (χ3n) is 4.76. The molecule has 26 heavy (non-hydrogen) atoms. The van der Waals surface area contributed by atoms with Gasteiger partial charge in [-0.05, 0) is 48.2 Å². The minimum Gasteiger partial charge on any atom is -0.326 e. The minimum atomic E-state index is 0.0420. The molecular formula is C23H26N2O. The van der Waals surface area contributed by atoms with Crippen LogP contribution in [0.1, 0.15) is 30.0 Å². The van der Waals surface area contributed by atoms with E-state index in [-0.39, 0.29) is 11.9 Å². The van der Waals surface area contributed by atoms with Crippen molar-refractivity contribution in [1.29, 1.82) is 0 Å². The van der Waals surface area contributed by atoms with Crippen LogP contribution in [0.15, 0.2) is 60.7 Å². The fourth-order valence-corrected chi connectivity index (χ4v) is 3.28. The highest BCUT2D eigenvalue weighted by Gasteiger charge is 2.12. The number of carbonyl (C=O) groups excluding carboxylic acids is 1. The van der Waals surface area contributed by atoms with Crippen molar-refractivity contribution in [2.45, 2.75) is 39.8 Å². The summed E-state index contributed by atoms with van der Waals surface area (Å²) in [7, 11) is 0. The van der Waals surface area contributed by atoms with Crippen molar-refractivity contribution in [2.24, 2.45) is 0 Å². The monoisotopic (exact) mass is 346 g/mol. The molecule has 3 nitrogen and oxygen atoms in total. The molecule has 0 fully saturated rings. The van der Waals surface area contributed by atoms with Crippen LogP contribution in [0.25, 0.3) is 10.8 Å².